The predicted molar refractivity (Wildman–Crippen MR) is 50.4 cm³/mol. The van der Waals surface area contributed by atoms with Crippen molar-refractivity contribution >= 4 is 6.21 Å². The maximum atomic E-state index is 4.27. The molecule has 0 saturated heterocycles. The Morgan fingerprint density at radius 2 is 1.93 bits per heavy atom. The molecule has 0 N–H and O–H groups in total. The second kappa shape index (κ2) is 2.73. The summed E-state index contributed by atoms with van der Waals surface area (Å²) in [5.74, 6) is 0. The van der Waals surface area contributed by atoms with Gasteiger partial charge in [-0.15, -0.1) is 4.80 Å². The van der Waals surface area contributed by atoms with E-state index in [0.29, 0.717) is 0 Å². The van der Waals surface area contributed by atoms with Gasteiger partial charge in [0.1, 0.15) is 11.7 Å². The summed E-state index contributed by atoms with van der Waals surface area (Å²) in [5.41, 5.74) is 1.80. The molecule has 0 spiro atoms. The van der Waals surface area contributed by atoms with Crippen molar-refractivity contribution in [3.8, 4) is 5.69 Å². The van der Waals surface area contributed by atoms with E-state index in [4.69, 9.17) is 0 Å². The quantitative estimate of drug-likeness (QED) is 0.695. The average Bonchev–Trinajstić information content (AvgIpc) is 2.94. The summed E-state index contributed by atoms with van der Waals surface area (Å²) in [7, 11) is 0. The van der Waals surface area contributed by atoms with E-state index in [1.807, 2.05) is 18.3 Å². The minimum Gasteiger partial charge on any atom is -0.279 e. The van der Waals surface area contributed by atoms with Crippen molar-refractivity contribution < 1.29 is 0 Å². The molecule has 0 amide bonds. The van der Waals surface area contributed by atoms with Gasteiger partial charge >= 0.3 is 0 Å². The van der Waals surface area contributed by atoms with Crippen LogP contribution >= 0.6 is 0 Å². The van der Waals surface area contributed by atoms with Crippen molar-refractivity contribution in [2.75, 3.05) is 0 Å². The second-order valence-electron chi connectivity index (χ2n) is 2.97. The standard InChI is InChI=1S/C9H7N5/c1-2-8(14-12-4-5-13-14)9(10-3-1)7-6-11-7/h1-7H. The SMILES string of the molecule is C1=NC1c1ncccc1-n1nccn1. The summed E-state index contributed by atoms with van der Waals surface area (Å²) in [4.78, 5) is 9.92. The third-order valence-corrected chi connectivity index (χ3v) is 2.03. The zero-order chi connectivity index (χ0) is 9.38. The first-order valence-electron chi connectivity index (χ1n) is 4.30. The summed E-state index contributed by atoms with van der Waals surface area (Å²) >= 11 is 0. The molecule has 0 aliphatic carbocycles. The number of aliphatic imine (C=N–C) groups is 1. The van der Waals surface area contributed by atoms with E-state index in [-0.39, 0.29) is 6.04 Å². The molecule has 3 heterocycles. The van der Waals surface area contributed by atoms with Crippen molar-refractivity contribution in [2.24, 2.45) is 4.99 Å². The molecule has 0 bridgehead atoms. The number of pyridine rings is 1. The number of rotatable bonds is 2. The first-order valence-corrected chi connectivity index (χ1v) is 4.30. The Morgan fingerprint density at radius 3 is 2.64 bits per heavy atom. The molecule has 3 rings (SSSR count). The zero-order valence-electron chi connectivity index (χ0n) is 7.28. The highest BCUT2D eigenvalue weighted by molar-refractivity contribution is 5.80. The van der Waals surface area contributed by atoms with Crippen molar-refractivity contribution in [2.45, 2.75) is 6.04 Å². The van der Waals surface area contributed by atoms with Crippen molar-refractivity contribution in [1.29, 1.82) is 0 Å². The number of nitrogens with zero attached hydrogens (tertiary/aromatic N) is 5. The minimum absolute atomic E-state index is 0.122. The molecular formula is C9H7N5. The monoisotopic (exact) mass is 185 g/mol. The number of aromatic nitrogens is 4. The van der Waals surface area contributed by atoms with Crippen LogP contribution in [0.15, 0.2) is 35.7 Å². The third-order valence-electron chi connectivity index (χ3n) is 2.03. The van der Waals surface area contributed by atoms with Gasteiger partial charge in [-0.1, -0.05) is 0 Å². The Balaban J connectivity index is 2.12. The summed E-state index contributed by atoms with van der Waals surface area (Å²) in [5, 5.41) is 8.13. The van der Waals surface area contributed by atoms with Crippen LogP contribution in [-0.4, -0.2) is 26.2 Å². The first-order chi connectivity index (χ1) is 6.95. The molecule has 0 aromatic carbocycles. The summed E-state index contributed by atoms with van der Waals surface area (Å²) in [6, 6.07) is 3.92. The molecule has 2 aromatic heterocycles. The van der Waals surface area contributed by atoms with Crippen LogP contribution in [0.5, 0.6) is 0 Å². The van der Waals surface area contributed by atoms with Crippen molar-refractivity contribution in [3.63, 3.8) is 0 Å². The highest BCUT2D eigenvalue weighted by Crippen LogP contribution is 2.26. The van der Waals surface area contributed by atoms with Gasteiger partial charge in [0.25, 0.3) is 0 Å². The van der Waals surface area contributed by atoms with E-state index in [1.165, 1.54) is 0 Å². The lowest BCUT2D eigenvalue weighted by Gasteiger charge is -2.03. The Labute approximate surface area is 80.1 Å². The summed E-state index contributed by atoms with van der Waals surface area (Å²) in [6.45, 7) is 0. The molecule has 5 heteroatoms. The van der Waals surface area contributed by atoms with E-state index in [1.54, 1.807) is 23.4 Å². The fourth-order valence-electron chi connectivity index (χ4n) is 1.33. The van der Waals surface area contributed by atoms with E-state index < -0.39 is 0 Å². The lowest BCUT2D eigenvalue weighted by Crippen LogP contribution is -2.04. The minimum atomic E-state index is 0.122. The Kier molecular flexibility index (Phi) is 1.44. The molecule has 0 radical (unpaired) electrons. The van der Waals surface area contributed by atoms with Gasteiger partial charge in [0.05, 0.1) is 18.1 Å². The largest absolute Gasteiger partial charge is 0.279 e. The molecular weight excluding hydrogens is 178 g/mol. The Bertz CT molecular complexity index is 468. The topological polar surface area (TPSA) is 56.0 Å². The van der Waals surface area contributed by atoms with Crippen LogP contribution in [0.3, 0.4) is 0 Å². The van der Waals surface area contributed by atoms with Gasteiger partial charge in [-0.05, 0) is 12.1 Å². The predicted octanol–water partition coefficient (Wildman–Crippen LogP) is 0.788. The van der Waals surface area contributed by atoms with Gasteiger partial charge in [-0.25, -0.2) is 0 Å². The molecule has 1 aliphatic rings. The number of hydrogen-bond acceptors (Lipinski definition) is 4. The smallest absolute Gasteiger partial charge is 0.128 e. The molecule has 14 heavy (non-hydrogen) atoms. The van der Waals surface area contributed by atoms with E-state index >= 15 is 0 Å². The van der Waals surface area contributed by atoms with E-state index in [0.717, 1.165) is 11.4 Å². The van der Waals surface area contributed by atoms with Crippen LogP contribution in [0, 0.1) is 0 Å². The third kappa shape index (κ3) is 1.10. The molecule has 0 fully saturated rings. The molecule has 0 saturated carbocycles. The van der Waals surface area contributed by atoms with Gasteiger partial charge < -0.3 is 0 Å². The fourth-order valence-corrected chi connectivity index (χ4v) is 1.33. The lowest BCUT2D eigenvalue weighted by atomic mass is 10.2. The average molecular weight is 185 g/mol. The molecule has 1 atom stereocenters. The molecule has 1 aliphatic heterocycles. The fraction of sp³-hybridized carbons (Fsp3) is 0.111. The normalized spacial score (nSPS) is 18.4. The highest BCUT2D eigenvalue weighted by Gasteiger charge is 2.22. The first kappa shape index (κ1) is 7.37. The molecule has 68 valence electrons. The highest BCUT2D eigenvalue weighted by atomic mass is 15.5. The van der Waals surface area contributed by atoms with Crippen LogP contribution in [-0.2, 0) is 0 Å². The summed E-state index contributed by atoms with van der Waals surface area (Å²) < 4.78 is 0. The Morgan fingerprint density at radius 1 is 1.14 bits per heavy atom. The zero-order valence-corrected chi connectivity index (χ0v) is 7.28. The van der Waals surface area contributed by atoms with Crippen LogP contribution in [0.2, 0.25) is 0 Å². The van der Waals surface area contributed by atoms with Crippen molar-refractivity contribution in [3.05, 3.63) is 36.4 Å². The Hall–Kier alpha value is -2.04. The lowest BCUT2D eigenvalue weighted by molar-refractivity contribution is 0.734. The number of hydrogen-bond donors (Lipinski definition) is 0. The van der Waals surface area contributed by atoms with E-state index in [2.05, 4.69) is 20.2 Å². The second-order valence-corrected chi connectivity index (χ2v) is 2.97. The molecule has 1 unspecified atom stereocenters. The van der Waals surface area contributed by atoms with Crippen molar-refractivity contribution in [1.82, 2.24) is 20.0 Å². The maximum absolute atomic E-state index is 4.27. The van der Waals surface area contributed by atoms with Gasteiger partial charge in [0.2, 0.25) is 0 Å². The van der Waals surface area contributed by atoms with Gasteiger partial charge in [-0.2, -0.15) is 10.2 Å². The van der Waals surface area contributed by atoms with Crippen LogP contribution in [0.4, 0.5) is 0 Å². The van der Waals surface area contributed by atoms with E-state index in [9.17, 15) is 0 Å². The van der Waals surface area contributed by atoms with Crippen LogP contribution in [0.25, 0.3) is 5.69 Å². The van der Waals surface area contributed by atoms with Gasteiger partial charge in [-0.3, -0.25) is 9.98 Å². The maximum Gasteiger partial charge on any atom is 0.128 e. The van der Waals surface area contributed by atoms with Crippen LogP contribution < -0.4 is 0 Å². The molecule has 5 nitrogen and oxygen atoms in total. The van der Waals surface area contributed by atoms with Gasteiger partial charge in [0, 0.05) is 12.4 Å². The summed E-state index contributed by atoms with van der Waals surface area (Å²) in [6.07, 6.45) is 6.90. The molecule has 2 aromatic rings. The van der Waals surface area contributed by atoms with Gasteiger partial charge in [0.15, 0.2) is 0 Å². The van der Waals surface area contributed by atoms with Crippen LogP contribution in [0.1, 0.15) is 11.7 Å².